The second kappa shape index (κ2) is 6.87. The van der Waals surface area contributed by atoms with E-state index in [0.29, 0.717) is 11.3 Å². The summed E-state index contributed by atoms with van der Waals surface area (Å²) >= 11 is 0. The molecule has 2 aromatic heterocycles. The van der Waals surface area contributed by atoms with Crippen molar-refractivity contribution < 1.29 is 14.3 Å². The van der Waals surface area contributed by atoms with Crippen LogP contribution >= 0.6 is 0 Å². The van der Waals surface area contributed by atoms with Crippen molar-refractivity contribution in [1.82, 2.24) is 9.88 Å². The first-order chi connectivity index (χ1) is 11.6. The Morgan fingerprint density at radius 3 is 2.62 bits per heavy atom. The number of furan rings is 1. The van der Waals surface area contributed by atoms with Crippen LogP contribution in [0.25, 0.3) is 0 Å². The van der Waals surface area contributed by atoms with Crippen LogP contribution in [0.15, 0.2) is 70.2 Å². The highest BCUT2D eigenvalue weighted by Crippen LogP contribution is 2.20. The number of carbonyl (C=O) groups is 1. The average Bonchev–Trinajstić information content (AvgIpc) is 3.09. The number of benzene rings is 1. The zero-order valence-corrected chi connectivity index (χ0v) is 12.8. The topological polar surface area (TPSA) is 86.5 Å². The monoisotopic (exact) mass is 324 g/mol. The first-order valence-corrected chi connectivity index (χ1v) is 7.41. The molecule has 0 unspecified atom stereocenters. The van der Waals surface area contributed by atoms with E-state index in [2.05, 4.69) is 4.98 Å². The standard InChI is InChI=1S/C18H16N2O4/c21-16-8-2-1-5-13(16)11-20(12-14-6-4-10-24-14)18(23)15-7-3-9-19-17(15)22/h1-10,21H,11-12H2,(H,19,22). The van der Waals surface area contributed by atoms with Crippen molar-refractivity contribution in [3.05, 3.63) is 88.2 Å². The van der Waals surface area contributed by atoms with E-state index < -0.39 is 11.5 Å². The number of aromatic nitrogens is 1. The van der Waals surface area contributed by atoms with Crippen LogP contribution in [0, 0.1) is 0 Å². The van der Waals surface area contributed by atoms with Gasteiger partial charge < -0.3 is 19.4 Å². The summed E-state index contributed by atoms with van der Waals surface area (Å²) in [7, 11) is 0. The molecular formula is C18H16N2O4. The molecule has 2 heterocycles. The second-order valence-electron chi connectivity index (χ2n) is 5.28. The first kappa shape index (κ1) is 15.6. The highest BCUT2D eigenvalue weighted by atomic mass is 16.3. The van der Waals surface area contributed by atoms with Crippen molar-refractivity contribution >= 4 is 5.91 Å². The van der Waals surface area contributed by atoms with Gasteiger partial charge in [0.2, 0.25) is 0 Å². The van der Waals surface area contributed by atoms with Gasteiger partial charge in [-0.25, -0.2) is 0 Å². The molecule has 6 heteroatoms. The van der Waals surface area contributed by atoms with Gasteiger partial charge in [0.15, 0.2) is 0 Å². The van der Waals surface area contributed by atoms with Gasteiger partial charge in [0.1, 0.15) is 17.1 Å². The van der Waals surface area contributed by atoms with E-state index in [1.54, 1.807) is 42.5 Å². The van der Waals surface area contributed by atoms with Crippen LogP contribution in [0.3, 0.4) is 0 Å². The number of aromatic amines is 1. The molecule has 1 amide bonds. The number of nitrogens with zero attached hydrogens (tertiary/aromatic N) is 1. The molecule has 0 aliphatic rings. The normalized spacial score (nSPS) is 10.5. The van der Waals surface area contributed by atoms with Crippen molar-refractivity contribution in [3.63, 3.8) is 0 Å². The third-order valence-corrected chi connectivity index (χ3v) is 3.62. The van der Waals surface area contributed by atoms with Crippen LogP contribution in [0.5, 0.6) is 5.75 Å². The summed E-state index contributed by atoms with van der Waals surface area (Å²) in [4.78, 5) is 28.7. The van der Waals surface area contributed by atoms with E-state index in [9.17, 15) is 14.7 Å². The lowest BCUT2D eigenvalue weighted by atomic mass is 10.1. The lowest BCUT2D eigenvalue weighted by Gasteiger charge is -2.22. The zero-order chi connectivity index (χ0) is 16.9. The summed E-state index contributed by atoms with van der Waals surface area (Å²) in [5.74, 6) is 0.249. The highest BCUT2D eigenvalue weighted by Gasteiger charge is 2.21. The summed E-state index contributed by atoms with van der Waals surface area (Å²) < 4.78 is 5.31. The molecule has 122 valence electrons. The maximum Gasteiger partial charge on any atom is 0.260 e. The molecule has 1 aromatic carbocycles. The van der Waals surface area contributed by atoms with Crippen LogP contribution in [-0.4, -0.2) is 20.9 Å². The molecule has 0 saturated carbocycles. The van der Waals surface area contributed by atoms with Crippen molar-refractivity contribution in [1.29, 1.82) is 0 Å². The predicted molar refractivity (Wildman–Crippen MR) is 87.5 cm³/mol. The minimum atomic E-state index is -0.454. The quantitative estimate of drug-likeness (QED) is 0.755. The molecule has 0 radical (unpaired) electrons. The minimum Gasteiger partial charge on any atom is -0.508 e. The Balaban J connectivity index is 1.93. The summed E-state index contributed by atoms with van der Waals surface area (Å²) in [5, 5.41) is 9.96. The highest BCUT2D eigenvalue weighted by molar-refractivity contribution is 5.93. The molecule has 0 atom stereocenters. The van der Waals surface area contributed by atoms with E-state index in [4.69, 9.17) is 4.42 Å². The Morgan fingerprint density at radius 2 is 1.92 bits per heavy atom. The molecule has 6 nitrogen and oxygen atoms in total. The third kappa shape index (κ3) is 3.38. The van der Waals surface area contributed by atoms with E-state index in [0.717, 1.165) is 0 Å². The number of phenols is 1. The molecule has 0 aliphatic carbocycles. The number of amides is 1. The molecule has 24 heavy (non-hydrogen) atoms. The average molecular weight is 324 g/mol. The number of nitrogens with one attached hydrogen (secondary N) is 1. The van der Waals surface area contributed by atoms with Crippen LogP contribution in [-0.2, 0) is 13.1 Å². The van der Waals surface area contributed by atoms with Gasteiger partial charge in [0.25, 0.3) is 11.5 Å². The Kier molecular flexibility index (Phi) is 4.47. The van der Waals surface area contributed by atoms with Gasteiger partial charge in [0.05, 0.1) is 19.4 Å². The zero-order valence-electron chi connectivity index (χ0n) is 12.8. The number of H-pyrrole nitrogens is 1. The SMILES string of the molecule is O=C(c1ccc[nH]c1=O)N(Cc1ccco1)Cc1ccccc1O. The van der Waals surface area contributed by atoms with Gasteiger partial charge >= 0.3 is 0 Å². The van der Waals surface area contributed by atoms with Crippen molar-refractivity contribution in [2.24, 2.45) is 0 Å². The molecule has 0 spiro atoms. The van der Waals surface area contributed by atoms with Gasteiger partial charge in [-0.1, -0.05) is 18.2 Å². The van der Waals surface area contributed by atoms with Gasteiger partial charge in [-0.05, 0) is 30.3 Å². The molecule has 2 N–H and O–H groups in total. The van der Waals surface area contributed by atoms with Crippen LogP contribution in [0.1, 0.15) is 21.7 Å². The number of hydrogen-bond donors (Lipinski definition) is 2. The van der Waals surface area contributed by atoms with Crippen molar-refractivity contribution in [3.8, 4) is 5.75 Å². The Bertz CT molecular complexity index is 884. The fourth-order valence-electron chi connectivity index (χ4n) is 2.40. The second-order valence-corrected chi connectivity index (χ2v) is 5.28. The van der Waals surface area contributed by atoms with Gasteiger partial charge in [-0.3, -0.25) is 9.59 Å². The summed E-state index contributed by atoms with van der Waals surface area (Å²) in [6, 6.07) is 13.3. The number of aromatic hydroxyl groups is 1. The van der Waals surface area contributed by atoms with Crippen LogP contribution in [0.2, 0.25) is 0 Å². The fourth-order valence-corrected chi connectivity index (χ4v) is 2.40. The van der Waals surface area contributed by atoms with Crippen molar-refractivity contribution in [2.45, 2.75) is 13.1 Å². The van der Waals surface area contributed by atoms with Gasteiger partial charge in [-0.2, -0.15) is 0 Å². The molecule has 0 bridgehead atoms. The van der Waals surface area contributed by atoms with E-state index in [-0.39, 0.29) is 24.4 Å². The molecule has 0 aliphatic heterocycles. The Labute approximate surface area is 138 Å². The number of para-hydroxylation sites is 1. The van der Waals surface area contributed by atoms with E-state index in [1.165, 1.54) is 23.4 Å². The summed E-state index contributed by atoms with van der Waals surface area (Å²) in [6.07, 6.45) is 2.99. The van der Waals surface area contributed by atoms with Crippen molar-refractivity contribution in [2.75, 3.05) is 0 Å². The lowest BCUT2D eigenvalue weighted by Crippen LogP contribution is -2.33. The number of pyridine rings is 1. The lowest BCUT2D eigenvalue weighted by molar-refractivity contribution is 0.0715. The van der Waals surface area contributed by atoms with E-state index in [1.807, 2.05) is 0 Å². The third-order valence-electron chi connectivity index (χ3n) is 3.62. The minimum absolute atomic E-state index is 0.0412. The number of hydrogen-bond acceptors (Lipinski definition) is 4. The first-order valence-electron chi connectivity index (χ1n) is 7.41. The molecule has 3 aromatic rings. The van der Waals surface area contributed by atoms with Gasteiger partial charge in [-0.15, -0.1) is 0 Å². The molecule has 0 fully saturated rings. The summed E-state index contributed by atoms with van der Waals surface area (Å²) in [6.45, 7) is 0.342. The Morgan fingerprint density at radius 1 is 1.08 bits per heavy atom. The fraction of sp³-hybridized carbons (Fsp3) is 0.111. The number of phenolic OH excluding ortho intramolecular Hbond substituents is 1. The predicted octanol–water partition coefficient (Wildman–Crippen LogP) is 2.52. The molecular weight excluding hydrogens is 308 g/mol. The maximum atomic E-state index is 12.8. The smallest absolute Gasteiger partial charge is 0.260 e. The van der Waals surface area contributed by atoms with Crippen LogP contribution < -0.4 is 5.56 Å². The molecule has 3 rings (SSSR count). The summed E-state index contributed by atoms with van der Waals surface area (Å²) in [5.41, 5.74) is 0.175. The van der Waals surface area contributed by atoms with E-state index >= 15 is 0 Å². The van der Waals surface area contributed by atoms with Crippen LogP contribution in [0.4, 0.5) is 0 Å². The number of carbonyl (C=O) groups excluding carboxylic acids is 1. The largest absolute Gasteiger partial charge is 0.508 e. The van der Waals surface area contributed by atoms with Gasteiger partial charge in [0, 0.05) is 11.8 Å². The number of rotatable bonds is 5. The molecule has 0 saturated heterocycles. The Hall–Kier alpha value is -3.28. The maximum absolute atomic E-state index is 12.8.